The van der Waals surface area contributed by atoms with Crippen LogP contribution < -0.4 is 5.32 Å². The molecule has 1 unspecified atom stereocenters. The number of alkyl halides is 2. The van der Waals surface area contributed by atoms with Crippen LogP contribution in [0.25, 0.3) is 0 Å². The minimum atomic E-state index is -3.15. The molecule has 2 atom stereocenters. The van der Waals surface area contributed by atoms with E-state index in [-0.39, 0.29) is 18.4 Å². The predicted molar refractivity (Wildman–Crippen MR) is 48.5 cm³/mol. The molecule has 0 aliphatic carbocycles. The van der Waals surface area contributed by atoms with Gasteiger partial charge in [-0.2, -0.15) is 0 Å². The van der Waals surface area contributed by atoms with E-state index < -0.39 is 18.6 Å². The Kier molecular flexibility index (Phi) is 2.64. The van der Waals surface area contributed by atoms with Gasteiger partial charge in [0.1, 0.15) is 6.10 Å². The number of nitrogens with zero attached hydrogens (tertiary/aromatic N) is 1. The third kappa shape index (κ3) is 1.96. The standard InChI is InChI=1S/C9H14F2N2O2/c10-9(11)5-13(4-7(9)14)8(15)6-1-2-12-3-6/h6-7,12,14H,1-5H2/t6-,7?/m1/s1. The zero-order valence-corrected chi connectivity index (χ0v) is 8.25. The van der Waals surface area contributed by atoms with Gasteiger partial charge in [0.2, 0.25) is 5.91 Å². The highest BCUT2D eigenvalue weighted by Crippen LogP contribution is 2.29. The average molecular weight is 220 g/mol. The molecule has 0 aromatic rings. The second-order valence-corrected chi connectivity index (χ2v) is 4.19. The van der Waals surface area contributed by atoms with Crippen LogP contribution in [-0.2, 0) is 4.79 Å². The zero-order chi connectivity index (χ0) is 11.1. The van der Waals surface area contributed by atoms with Gasteiger partial charge in [-0.15, -0.1) is 0 Å². The molecule has 2 rings (SSSR count). The number of likely N-dealkylation sites (tertiary alicyclic amines) is 1. The van der Waals surface area contributed by atoms with Gasteiger partial charge in [0.25, 0.3) is 5.92 Å². The van der Waals surface area contributed by atoms with Crippen molar-refractivity contribution in [1.29, 1.82) is 0 Å². The molecule has 1 amide bonds. The van der Waals surface area contributed by atoms with Crippen molar-refractivity contribution in [3.05, 3.63) is 0 Å². The molecule has 2 fully saturated rings. The normalized spacial score (nSPS) is 34.7. The second kappa shape index (κ2) is 3.68. The van der Waals surface area contributed by atoms with Crippen molar-refractivity contribution in [2.45, 2.75) is 18.4 Å². The molecule has 86 valence electrons. The van der Waals surface area contributed by atoms with Gasteiger partial charge < -0.3 is 15.3 Å². The molecule has 0 aromatic carbocycles. The van der Waals surface area contributed by atoms with E-state index in [1.54, 1.807) is 0 Å². The Morgan fingerprint density at radius 3 is 2.73 bits per heavy atom. The van der Waals surface area contributed by atoms with Gasteiger partial charge in [-0.25, -0.2) is 8.78 Å². The molecular weight excluding hydrogens is 206 g/mol. The second-order valence-electron chi connectivity index (χ2n) is 4.19. The minimum absolute atomic E-state index is 0.203. The summed E-state index contributed by atoms with van der Waals surface area (Å²) in [7, 11) is 0. The Labute approximate surface area is 86.2 Å². The van der Waals surface area contributed by atoms with E-state index in [0.717, 1.165) is 11.4 Å². The highest BCUT2D eigenvalue weighted by Gasteiger charge is 2.49. The number of amides is 1. The molecule has 15 heavy (non-hydrogen) atoms. The van der Waals surface area contributed by atoms with E-state index >= 15 is 0 Å². The first kappa shape index (κ1) is 10.8. The van der Waals surface area contributed by atoms with Crippen molar-refractivity contribution in [3.8, 4) is 0 Å². The third-order valence-corrected chi connectivity index (χ3v) is 3.00. The molecule has 0 radical (unpaired) electrons. The van der Waals surface area contributed by atoms with Crippen molar-refractivity contribution in [2.75, 3.05) is 26.2 Å². The summed E-state index contributed by atoms with van der Waals surface area (Å²) in [5.41, 5.74) is 0. The van der Waals surface area contributed by atoms with Crippen LogP contribution in [0.2, 0.25) is 0 Å². The Bertz CT molecular complexity index is 267. The van der Waals surface area contributed by atoms with E-state index in [1.165, 1.54) is 0 Å². The SMILES string of the molecule is O=C([C@@H]1CCNC1)N1CC(O)C(F)(F)C1. The van der Waals surface area contributed by atoms with Crippen molar-refractivity contribution in [2.24, 2.45) is 5.92 Å². The number of carbonyl (C=O) groups excluding carboxylic acids is 1. The summed E-state index contributed by atoms with van der Waals surface area (Å²) in [4.78, 5) is 12.8. The summed E-state index contributed by atoms with van der Waals surface area (Å²) < 4.78 is 26.0. The monoisotopic (exact) mass is 220 g/mol. The number of aliphatic hydroxyl groups excluding tert-OH is 1. The van der Waals surface area contributed by atoms with E-state index in [4.69, 9.17) is 5.11 Å². The van der Waals surface area contributed by atoms with Crippen LogP contribution in [0, 0.1) is 5.92 Å². The van der Waals surface area contributed by atoms with Gasteiger partial charge in [-0.3, -0.25) is 4.79 Å². The molecule has 6 heteroatoms. The fourth-order valence-electron chi connectivity index (χ4n) is 2.06. The fourth-order valence-corrected chi connectivity index (χ4v) is 2.06. The molecule has 0 spiro atoms. The van der Waals surface area contributed by atoms with Crippen molar-refractivity contribution in [1.82, 2.24) is 10.2 Å². The topological polar surface area (TPSA) is 52.6 Å². The number of β-amino-alcohol motifs (C(OH)–C–C–N with tert-alkyl or cyclic N) is 1. The van der Waals surface area contributed by atoms with Crippen LogP contribution in [0.3, 0.4) is 0 Å². The Morgan fingerprint density at radius 2 is 2.27 bits per heavy atom. The maximum Gasteiger partial charge on any atom is 0.292 e. The Morgan fingerprint density at radius 1 is 1.53 bits per heavy atom. The number of rotatable bonds is 1. The van der Waals surface area contributed by atoms with Gasteiger partial charge in [0.15, 0.2) is 0 Å². The zero-order valence-electron chi connectivity index (χ0n) is 8.25. The lowest BCUT2D eigenvalue weighted by molar-refractivity contribution is -0.135. The molecular formula is C9H14F2N2O2. The molecule has 0 aromatic heterocycles. The maximum absolute atomic E-state index is 13.0. The number of hydrogen-bond donors (Lipinski definition) is 2. The van der Waals surface area contributed by atoms with E-state index in [9.17, 15) is 13.6 Å². The lowest BCUT2D eigenvalue weighted by Crippen LogP contribution is -2.36. The third-order valence-electron chi connectivity index (χ3n) is 3.00. The summed E-state index contributed by atoms with van der Waals surface area (Å²) in [5.74, 6) is -3.62. The minimum Gasteiger partial charge on any atom is -0.385 e. The quantitative estimate of drug-likeness (QED) is 0.622. The van der Waals surface area contributed by atoms with Crippen LogP contribution in [0.15, 0.2) is 0 Å². The molecule has 0 bridgehead atoms. The van der Waals surface area contributed by atoms with Crippen LogP contribution in [0.4, 0.5) is 8.78 Å². The number of carbonyl (C=O) groups is 1. The molecule has 2 N–H and O–H groups in total. The smallest absolute Gasteiger partial charge is 0.292 e. The first-order chi connectivity index (χ1) is 7.00. The van der Waals surface area contributed by atoms with Crippen LogP contribution >= 0.6 is 0 Å². The first-order valence-corrected chi connectivity index (χ1v) is 5.06. The van der Waals surface area contributed by atoms with Gasteiger partial charge in [-0.1, -0.05) is 0 Å². The van der Waals surface area contributed by atoms with Gasteiger partial charge >= 0.3 is 0 Å². The van der Waals surface area contributed by atoms with E-state index in [2.05, 4.69) is 5.32 Å². The lowest BCUT2D eigenvalue weighted by Gasteiger charge is -2.19. The number of aliphatic hydroxyl groups is 1. The summed E-state index contributed by atoms with van der Waals surface area (Å²) >= 11 is 0. The average Bonchev–Trinajstić information content (AvgIpc) is 2.74. The molecule has 0 saturated carbocycles. The first-order valence-electron chi connectivity index (χ1n) is 5.06. The van der Waals surface area contributed by atoms with Crippen LogP contribution in [0.1, 0.15) is 6.42 Å². The highest BCUT2D eigenvalue weighted by molar-refractivity contribution is 5.80. The maximum atomic E-state index is 13.0. The van der Waals surface area contributed by atoms with Gasteiger partial charge in [-0.05, 0) is 13.0 Å². The number of hydrogen-bond acceptors (Lipinski definition) is 3. The van der Waals surface area contributed by atoms with Crippen LogP contribution in [-0.4, -0.2) is 54.1 Å². The van der Waals surface area contributed by atoms with Gasteiger partial charge in [0.05, 0.1) is 19.0 Å². The van der Waals surface area contributed by atoms with E-state index in [0.29, 0.717) is 13.0 Å². The fraction of sp³-hybridized carbons (Fsp3) is 0.889. The molecule has 2 aliphatic rings. The Hall–Kier alpha value is -0.750. The van der Waals surface area contributed by atoms with E-state index in [1.807, 2.05) is 0 Å². The largest absolute Gasteiger partial charge is 0.385 e. The number of halogens is 2. The highest BCUT2D eigenvalue weighted by atomic mass is 19.3. The number of nitrogens with one attached hydrogen (secondary N) is 1. The molecule has 2 saturated heterocycles. The lowest BCUT2D eigenvalue weighted by atomic mass is 10.1. The molecule has 2 heterocycles. The van der Waals surface area contributed by atoms with Crippen molar-refractivity contribution in [3.63, 3.8) is 0 Å². The summed E-state index contributed by atoms with van der Waals surface area (Å²) in [6.45, 7) is 0.409. The summed E-state index contributed by atoms with van der Waals surface area (Å²) in [6.07, 6.45) is -1.02. The van der Waals surface area contributed by atoms with Crippen molar-refractivity contribution >= 4 is 5.91 Å². The van der Waals surface area contributed by atoms with Crippen LogP contribution in [0.5, 0.6) is 0 Å². The van der Waals surface area contributed by atoms with Gasteiger partial charge in [0, 0.05) is 6.54 Å². The molecule has 4 nitrogen and oxygen atoms in total. The summed E-state index contributed by atoms with van der Waals surface area (Å²) in [6, 6.07) is 0. The predicted octanol–water partition coefficient (Wildman–Crippen LogP) is -0.566. The summed E-state index contributed by atoms with van der Waals surface area (Å²) in [5, 5.41) is 12.1. The Balaban J connectivity index is 1.98. The molecule has 2 aliphatic heterocycles. The van der Waals surface area contributed by atoms with Crippen molar-refractivity contribution < 1.29 is 18.7 Å².